The van der Waals surface area contributed by atoms with Crippen molar-refractivity contribution in [3.63, 3.8) is 0 Å². The summed E-state index contributed by atoms with van der Waals surface area (Å²) in [5.74, 6) is 4.76. The molecule has 0 radical (unpaired) electrons. The number of hydrogen-bond acceptors (Lipinski definition) is 5. The van der Waals surface area contributed by atoms with Crippen LogP contribution in [0.25, 0.3) is 56.3 Å². The Morgan fingerprint density at radius 2 is 0.673 bits per heavy atom. The van der Waals surface area contributed by atoms with E-state index in [4.69, 9.17) is 44.2 Å². The van der Waals surface area contributed by atoms with E-state index in [9.17, 15) is 0 Å². The van der Waals surface area contributed by atoms with Gasteiger partial charge in [-0.15, -0.1) is 0 Å². The molecule has 2 saturated carbocycles. The zero-order valence-electron chi connectivity index (χ0n) is 81.4. The summed E-state index contributed by atoms with van der Waals surface area (Å²) in [6.07, 6.45) is 22.1. The van der Waals surface area contributed by atoms with E-state index in [1.54, 1.807) is 61.3 Å². The van der Waals surface area contributed by atoms with E-state index in [0.29, 0.717) is 34.4 Å². The first-order chi connectivity index (χ1) is 56.7. The molecule has 10 heteroatoms. The third kappa shape index (κ3) is 14.4. The van der Waals surface area contributed by atoms with E-state index in [0.717, 1.165) is 145 Å². The molecule has 10 aromatic rings. The van der Waals surface area contributed by atoms with Gasteiger partial charge in [-0.1, -0.05) is 93.8 Å². The maximum absolute atomic E-state index is 7.67. The fraction of sp³-hybridized carbons (Fsp3) is 0.433. The molecule has 0 atom stereocenters. The highest BCUT2D eigenvalue weighted by atomic mass is 16.5. The molecule has 5 aromatic heterocycles. The molecule has 107 heavy (non-hydrogen) atoms. The van der Waals surface area contributed by atoms with Crippen LogP contribution < -0.4 is 46.5 Å². The van der Waals surface area contributed by atoms with Crippen LogP contribution in [0.2, 0.25) is 0 Å². The summed E-state index contributed by atoms with van der Waals surface area (Å²) in [5, 5.41) is 0. The van der Waals surface area contributed by atoms with Crippen LogP contribution in [0.1, 0.15) is 217 Å². The fourth-order valence-electron chi connectivity index (χ4n) is 17.8. The molecule has 0 saturated heterocycles. The Kier molecular flexibility index (Phi) is 16.0. The van der Waals surface area contributed by atoms with Gasteiger partial charge in [-0.25, -0.2) is 22.8 Å². The summed E-state index contributed by atoms with van der Waals surface area (Å²) >= 11 is 0. The minimum absolute atomic E-state index is 0.0275. The monoisotopic (exact) mass is 1450 g/mol. The van der Waals surface area contributed by atoms with Gasteiger partial charge in [0, 0.05) is 120 Å². The van der Waals surface area contributed by atoms with E-state index < -0.39 is 34.3 Å². The van der Waals surface area contributed by atoms with Crippen LogP contribution in [-0.4, -0.2) is 29.0 Å². The number of rotatable bonds is 5. The van der Waals surface area contributed by atoms with Crippen LogP contribution in [0, 0.1) is 68.9 Å². The highest BCUT2D eigenvalue weighted by molar-refractivity contribution is 5.77. The molecule has 558 valence electrons. The van der Waals surface area contributed by atoms with E-state index in [1.165, 1.54) is 72.8 Å². The second kappa shape index (κ2) is 29.1. The van der Waals surface area contributed by atoms with Crippen LogP contribution in [0.15, 0.2) is 152 Å². The zero-order chi connectivity index (χ0) is 89.1. The third-order valence-electron chi connectivity index (χ3n) is 24.2. The van der Waals surface area contributed by atoms with Crippen molar-refractivity contribution in [2.75, 3.05) is 6.61 Å². The Hall–Kier alpha value is -9.15. The van der Waals surface area contributed by atoms with E-state index in [1.807, 2.05) is 88.4 Å². The molecule has 10 heterocycles. The molecule has 0 bridgehead atoms. The summed E-state index contributed by atoms with van der Waals surface area (Å²) in [6, 6.07) is 39.5. The normalized spacial score (nSPS) is 20.1. The smallest absolute Gasteiger partial charge is 0.216 e. The van der Waals surface area contributed by atoms with Crippen molar-refractivity contribution in [1.29, 1.82) is 0 Å². The largest absolute Gasteiger partial charge is 0.492 e. The van der Waals surface area contributed by atoms with Gasteiger partial charge in [0.25, 0.3) is 0 Å². The van der Waals surface area contributed by atoms with Crippen molar-refractivity contribution in [3.8, 4) is 85.0 Å². The first-order valence-corrected chi connectivity index (χ1v) is 38.3. The summed E-state index contributed by atoms with van der Waals surface area (Å²) in [6.45, 7) is 17.9. The number of pyridine rings is 5. The highest BCUT2D eigenvalue weighted by Gasteiger charge is 2.57. The van der Waals surface area contributed by atoms with Gasteiger partial charge in [0.15, 0.2) is 31.0 Å². The van der Waals surface area contributed by atoms with Gasteiger partial charge in [0.05, 0.1) is 34.4 Å². The molecule has 0 N–H and O–H groups in total. The molecule has 2 fully saturated rings. The molecule has 2 spiro atoms. The van der Waals surface area contributed by atoms with Crippen LogP contribution >= 0.6 is 0 Å². The second-order valence-electron chi connectivity index (χ2n) is 33.4. The molecule has 7 aliphatic rings. The summed E-state index contributed by atoms with van der Waals surface area (Å²) in [7, 11) is 9.46. The number of aryl methyl sites for hydroxylation is 15. The highest BCUT2D eigenvalue weighted by Crippen LogP contribution is 2.60. The predicted molar refractivity (Wildman–Crippen MR) is 433 cm³/mol. The number of nitrogens with zero attached hydrogens (tertiary/aromatic N) is 5. The van der Waals surface area contributed by atoms with Gasteiger partial charge >= 0.3 is 0 Å². The van der Waals surface area contributed by atoms with Crippen molar-refractivity contribution in [1.82, 2.24) is 0 Å². The lowest BCUT2D eigenvalue weighted by Crippen LogP contribution is -2.44. The maximum atomic E-state index is 7.67. The van der Waals surface area contributed by atoms with Gasteiger partial charge in [-0.3, -0.25) is 0 Å². The number of aromatic nitrogens is 5. The van der Waals surface area contributed by atoms with E-state index in [2.05, 4.69) is 151 Å². The molecule has 10 nitrogen and oxygen atoms in total. The van der Waals surface area contributed by atoms with Gasteiger partial charge in [0.2, 0.25) is 28.5 Å². The minimum Gasteiger partial charge on any atom is -0.492 e. The lowest BCUT2D eigenvalue weighted by Gasteiger charge is -2.36. The molecule has 0 amide bonds. The molecular formula is C97H120N5O5+5. The lowest BCUT2D eigenvalue weighted by atomic mass is 9.69. The minimum atomic E-state index is -2.11. The Labute approximate surface area is 661 Å². The molecule has 2 aliphatic carbocycles. The van der Waals surface area contributed by atoms with Crippen molar-refractivity contribution in [2.45, 2.75) is 235 Å². The molecule has 5 aromatic carbocycles. The Morgan fingerprint density at radius 1 is 0.327 bits per heavy atom. The Balaban J connectivity index is 0.000000132. The van der Waals surface area contributed by atoms with Crippen molar-refractivity contribution in [2.24, 2.45) is 35.2 Å². The van der Waals surface area contributed by atoms with Crippen LogP contribution in [-0.2, 0) is 65.3 Å². The molecular weight excluding hydrogens is 1320 g/mol. The number of benzene rings is 5. The lowest BCUT2D eigenvalue weighted by molar-refractivity contribution is -0.660. The Morgan fingerprint density at radius 3 is 1.09 bits per heavy atom. The zero-order valence-corrected chi connectivity index (χ0v) is 66.4. The number of hydrogen-bond donors (Lipinski definition) is 0. The first kappa shape index (κ1) is 58.9. The Bertz CT molecular complexity index is 5700. The van der Waals surface area contributed by atoms with Crippen molar-refractivity contribution < 1.29 is 67.1 Å². The van der Waals surface area contributed by atoms with Gasteiger partial charge in [-0.05, 0) is 224 Å². The van der Waals surface area contributed by atoms with Crippen LogP contribution in [0.3, 0.4) is 0 Å². The van der Waals surface area contributed by atoms with Gasteiger partial charge < -0.3 is 23.7 Å². The summed E-state index contributed by atoms with van der Waals surface area (Å²) < 4.78 is 155. The number of fused-ring (bicyclic) bond motifs is 6. The summed E-state index contributed by atoms with van der Waals surface area (Å²) in [4.78, 5) is 0. The quantitative estimate of drug-likeness (QED) is 0.161. The SMILES string of the molecule is [2H]C([2H])([2H])c1ccc(-c2c(C)ccc3c2OC(C)(C)C3(C)C)[n+](C)c1.[2H]C([2H])([2H])c1ccc(-c2c(C)ccc3c2OC(C)(C)C3)[n+](C)c1.[2H]C([2H])([2H])c1ccc(-c2c(C)ccc3c2OC(C)(C)C32CCCC2)[n+](C)c1.[2H]C([2H])([2H])c1ccc(-c2c(C)ccc3c2OC2(CCCCC2)C3)[n+](C)c1.[2H]C([2H])([2H])c1ccc(-c2c(C)ccc3c2OCC3)[n+](C)c1. The average molecular weight is 1450 g/mol. The molecule has 5 aliphatic heterocycles. The van der Waals surface area contributed by atoms with Gasteiger partial charge in [-0.2, -0.15) is 0 Å². The average Bonchev–Trinajstić information content (AvgIpc) is 1.56. The maximum Gasteiger partial charge on any atom is 0.216 e. The van der Waals surface area contributed by atoms with E-state index >= 15 is 0 Å². The fourth-order valence-corrected chi connectivity index (χ4v) is 17.8. The van der Waals surface area contributed by atoms with Gasteiger partial charge in [0.1, 0.15) is 86.4 Å². The molecule has 17 rings (SSSR count). The predicted octanol–water partition coefficient (Wildman–Crippen LogP) is 19.7. The van der Waals surface area contributed by atoms with Crippen molar-refractivity contribution >= 4 is 0 Å². The first-order valence-electron chi connectivity index (χ1n) is 45.8. The summed E-state index contributed by atoms with van der Waals surface area (Å²) in [5.41, 5.74) is 23.1. The van der Waals surface area contributed by atoms with Crippen LogP contribution in [0.4, 0.5) is 0 Å². The second-order valence-corrected chi connectivity index (χ2v) is 33.4. The van der Waals surface area contributed by atoms with E-state index in [-0.39, 0.29) is 33.2 Å². The molecule has 0 unspecified atom stereocenters. The number of ether oxygens (including phenoxy) is 5. The van der Waals surface area contributed by atoms with Crippen molar-refractivity contribution in [3.05, 3.63) is 236 Å². The third-order valence-corrected chi connectivity index (χ3v) is 24.2. The topological polar surface area (TPSA) is 65.5 Å². The van der Waals surface area contributed by atoms with Crippen LogP contribution in [0.5, 0.6) is 28.7 Å². The standard InChI is InChI=1S/C22H28NO.C21H26NO.C20H26NO.C18H22NO.C16H18NO/c1-15-8-11-18(23(5)14-15)19-16(2)9-10-17-20(19)24-21(3,4)22(17)12-6-7-13-22;1-15-7-10-18(22(3)14-15)19-16(2)8-9-17-13-21(23-20(17)19)11-5-4-6-12-21;1-13-8-11-16(21(7)12-13)17-14(2)9-10-15-18(17)22-20(5,6)19(15,3)4;1-12-6-9-15(19(5)11-12)16-13(2)7-8-14-10-18(3,4)20-17(14)16;1-11-4-7-14(17(3)10-11)15-12(2)5-6-13-8-9-18-16(13)15/h8-11,14H,6-7,12-13H2,1-5H3;7-10,14H,4-6,11-13H2,1-3H3;8-12H,1-7H3;6-9,11H,10H2,1-5H3;4-7,10H,8-9H2,1-3H3/q5*+1/i5*1D3.